The van der Waals surface area contributed by atoms with Gasteiger partial charge in [0.1, 0.15) is 5.75 Å². The van der Waals surface area contributed by atoms with Crippen molar-refractivity contribution in [3.05, 3.63) is 53.8 Å². The Morgan fingerprint density at radius 2 is 1.75 bits per heavy atom. The number of halogens is 1. The van der Waals surface area contributed by atoms with Crippen molar-refractivity contribution in [2.45, 2.75) is 6.92 Å². The molecule has 2 aromatic carbocycles. The normalized spacial score (nSPS) is 10.1. The zero-order valence-electron chi connectivity index (χ0n) is 8.91. The van der Waals surface area contributed by atoms with Crippen molar-refractivity contribution < 1.29 is 9.13 Å². The van der Waals surface area contributed by atoms with Gasteiger partial charge in [-0.25, -0.2) is 4.39 Å². The maximum absolute atomic E-state index is 13.4. The lowest BCUT2D eigenvalue weighted by molar-refractivity contribution is 0.442. The van der Waals surface area contributed by atoms with E-state index in [1.54, 1.807) is 18.2 Å². The van der Waals surface area contributed by atoms with Gasteiger partial charge in [-0.05, 0) is 31.2 Å². The van der Waals surface area contributed by atoms with Crippen LogP contribution in [-0.4, -0.2) is 0 Å². The van der Waals surface area contributed by atoms with Crippen LogP contribution < -0.4 is 10.5 Å². The van der Waals surface area contributed by atoms with Gasteiger partial charge >= 0.3 is 0 Å². The van der Waals surface area contributed by atoms with Crippen LogP contribution in [0.25, 0.3) is 0 Å². The molecule has 0 heterocycles. The molecule has 0 atom stereocenters. The molecule has 0 spiro atoms. The van der Waals surface area contributed by atoms with Crippen LogP contribution in [0.4, 0.5) is 10.1 Å². The Morgan fingerprint density at radius 3 is 2.38 bits per heavy atom. The summed E-state index contributed by atoms with van der Waals surface area (Å²) < 4.78 is 18.8. The Morgan fingerprint density at radius 1 is 1.06 bits per heavy atom. The zero-order chi connectivity index (χ0) is 11.5. The summed E-state index contributed by atoms with van der Waals surface area (Å²) in [5.41, 5.74) is 6.96. The van der Waals surface area contributed by atoms with Crippen LogP contribution in [0.1, 0.15) is 5.56 Å². The summed E-state index contributed by atoms with van der Waals surface area (Å²) >= 11 is 0. The molecule has 2 rings (SSSR count). The first-order valence-electron chi connectivity index (χ1n) is 4.95. The number of nitrogens with two attached hydrogens (primary N) is 1. The molecule has 0 bridgehead atoms. The molecule has 2 aromatic rings. The highest BCUT2D eigenvalue weighted by atomic mass is 19.1. The number of rotatable bonds is 2. The van der Waals surface area contributed by atoms with E-state index in [4.69, 9.17) is 10.5 Å². The van der Waals surface area contributed by atoms with Gasteiger partial charge in [0.15, 0.2) is 11.6 Å². The average molecular weight is 217 g/mol. The highest BCUT2D eigenvalue weighted by Crippen LogP contribution is 2.25. The van der Waals surface area contributed by atoms with Gasteiger partial charge in [-0.15, -0.1) is 0 Å². The zero-order valence-corrected chi connectivity index (χ0v) is 8.91. The van der Waals surface area contributed by atoms with Gasteiger partial charge in [0.2, 0.25) is 0 Å². The Labute approximate surface area is 93.5 Å². The van der Waals surface area contributed by atoms with Crippen molar-refractivity contribution in [2.24, 2.45) is 0 Å². The molecule has 0 saturated heterocycles. The first kappa shape index (κ1) is 10.5. The summed E-state index contributed by atoms with van der Waals surface area (Å²) in [5.74, 6) is 0.327. The molecule has 16 heavy (non-hydrogen) atoms. The van der Waals surface area contributed by atoms with E-state index < -0.39 is 5.82 Å². The first-order valence-corrected chi connectivity index (χ1v) is 4.95. The number of hydrogen-bond donors (Lipinski definition) is 1. The molecule has 0 aliphatic rings. The highest BCUT2D eigenvalue weighted by Gasteiger charge is 2.04. The van der Waals surface area contributed by atoms with Gasteiger partial charge in [0.05, 0.1) is 0 Å². The number of aryl methyl sites for hydroxylation is 1. The van der Waals surface area contributed by atoms with Gasteiger partial charge in [-0.3, -0.25) is 0 Å². The van der Waals surface area contributed by atoms with Gasteiger partial charge in [-0.2, -0.15) is 0 Å². The molecule has 0 aromatic heterocycles. The number of benzene rings is 2. The molecule has 2 N–H and O–H groups in total. The van der Waals surface area contributed by atoms with Gasteiger partial charge in [-0.1, -0.05) is 17.7 Å². The fourth-order valence-electron chi connectivity index (χ4n) is 1.33. The number of hydrogen-bond acceptors (Lipinski definition) is 2. The van der Waals surface area contributed by atoms with Crippen LogP contribution in [0.3, 0.4) is 0 Å². The summed E-state index contributed by atoms with van der Waals surface area (Å²) in [6.07, 6.45) is 0. The Kier molecular flexibility index (Phi) is 2.77. The molecule has 82 valence electrons. The van der Waals surface area contributed by atoms with Crippen LogP contribution in [0.15, 0.2) is 42.5 Å². The third-order valence-corrected chi connectivity index (χ3v) is 2.20. The predicted octanol–water partition coefficient (Wildman–Crippen LogP) is 3.51. The second-order valence-electron chi connectivity index (χ2n) is 3.60. The molecule has 0 unspecified atom stereocenters. The van der Waals surface area contributed by atoms with Crippen molar-refractivity contribution in [1.29, 1.82) is 0 Å². The standard InChI is InChI=1S/C13H12FNO/c1-9-2-5-11(6-3-9)16-13-7-4-10(15)8-12(13)14/h2-8H,15H2,1H3. The summed E-state index contributed by atoms with van der Waals surface area (Å²) in [6.45, 7) is 1.98. The quantitative estimate of drug-likeness (QED) is 0.781. The first-order chi connectivity index (χ1) is 7.65. The lowest BCUT2D eigenvalue weighted by Gasteiger charge is -2.07. The summed E-state index contributed by atoms with van der Waals surface area (Å²) in [5, 5.41) is 0. The van der Waals surface area contributed by atoms with Gasteiger partial charge in [0, 0.05) is 11.8 Å². The summed E-state index contributed by atoms with van der Waals surface area (Å²) in [6, 6.07) is 11.8. The molecule has 0 amide bonds. The molecule has 0 radical (unpaired) electrons. The Bertz CT molecular complexity index is 494. The van der Waals surface area contributed by atoms with Crippen LogP contribution >= 0.6 is 0 Å². The summed E-state index contributed by atoms with van der Waals surface area (Å²) in [7, 11) is 0. The predicted molar refractivity (Wildman–Crippen MR) is 62.1 cm³/mol. The molecule has 0 fully saturated rings. The van der Waals surface area contributed by atoms with Crippen molar-refractivity contribution in [3.8, 4) is 11.5 Å². The minimum Gasteiger partial charge on any atom is -0.454 e. The molecule has 2 nitrogen and oxygen atoms in total. The van der Waals surface area contributed by atoms with E-state index in [0.717, 1.165) is 5.56 Å². The van der Waals surface area contributed by atoms with Crippen molar-refractivity contribution in [2.75, 3.05) is 5.73 Å². The average Bonchev–Trinajstić information content (AvgIpc) is 2.25. The molecular weight excluding hydrogens is 205 g/mol. The minimum absolute atomic E-state index is 0.179. The largest absolute Gasteiger partial charge is 0.454 e. The molecule has 0 aliphatic carbocycles. The molecule has 0 aliphatic heterocycles. The second-order valence-corrected chi connectivity index (χ2v) is 3.60. The second kappa shape index (κ2) is 4.23. The molecule has 3 heteroatoms. The molecular formula is C13H12FNO. The van der Waals surface area contributed by atoms with Crippen LogP contribution in [-0.2, 0) is 0 Å². The van der Waals surface area contributed by atoms with Crippen LogP contribution in [0, 0.1) is 12.7 Å². The van der Waals surface area contributed by atoms with E-state index in [-0.39, 0.29) is 5.75 Å². The van der Waals surface area contributed by atoms with E-state index in [0.29, 0.717) is 11.4 Å². The fraction of sp³-hybridized carbons (Fsp3) is 0.0769. The van der Waals surface area contributed by atoms with Gasteiger partial charge < -0.3 is 10.5 Å². The van der Waals surface area contributed by atoms with E-state index in [1.165, 1.54) is 12.1 Å². The van der Waals surface area contributed by atoms with E-state index in [2.05, 4.69) is 0 Å². The smallest absolute Gasteiger partial charge is 0.167 e. The van der Waals surface area contributed by atoms with Crippen LogP contribution in [0.5, 0.6) is 11.5 Å². The monoisotopic (exact) mass is 217 g/mol. The topological polar surface area (TPSA) is 35.2 Å². The fourth-order valence-corrected chi connectivity index (χ4v) is 1.33. The van der Waals surface area contributed by atoms with Crippen molar-refractivity contribution in [3.63, 3.8) is 0 Å². The maximum Gasteiger partial charge on any atom is 0.167 e. The van der Waals surface area contributed by atoms with E-state index >= 15 is 0 Å². The third kappa shape index (κ3) is 2.31. The lowest BCUT2D eigenvalue weighted by Crippen LogP contribution is -1.91. The van der Waals surface area contributed by atoms with E-state index in [9.17, 15) is 4.39 Å². The van der Waals surface area contributed by atoms with Crippen molar-refractivity contribution in [1.82, 2.24) is 0 Å². The summed E-state index contributed by atoms with van der Waals surface area (Å²) in [4.78, 5) is 0. The lowest BCUT2D eigenvalue weighted by atomic mass is 10.2. The van der Waals surface area contributed by atoms with Crippen LogP contribution in [0.2, 0.25) is 0 Å². The SMILES string of the molecule is Cc1ccc(Oc2ccc(N)cc2F)cc1. The maximum atomic E-state index is 13.4. The number of nitrogen functional groups attached to an aromatic ring is 1. The third-order valence-electron chi connectivity index (χ3n) is 2.20. The van der Waals surface area contributed by atoms with Crippen molar-refractivity contribution >= 4 is 5.69 Å². The van der Waals surface area contributed by atoms with E-state index in [1.807, 2.05) is 19.1 Å². The molecule has 0 saturated carbocycles. The highest BCUT2D eigenvalue weighted by molar-refractivity contribution is 5.44. The number of ether oxygens (including phenoxy) is 1. The Balaban J connectivity index is 2.23. The Hall–Kier alpha value is -2.03. The van der Waals surface area contributed by atoms with Gasteiger partial charge in [0.25, 0.3) is 0 Å². The number of anilines is 1. The minimum atomic E-state index is -0.458.